The van der Waals surface area contributed by atoms with Gasteiger partial charge in [-0.3, -0.25) is 0 Å². The van der Waals surface area contributed by atoms with Crippen LogP contribution in [0.5, 0.6) is 0 Å². The molecule has 144 valence electrons. The van der Waals surface area contributed by atoms with E-state index >= 15 is 0 Å². The smallest absolute Gasteiger partial charge is 0.315 e. The molecule has 0 spiro atoms. The van der Waals surface area contributed by atoms with Gasteiger partial charge < -0.3 is 15.4 Å². The Hall–Kier alpha value is -2.82. The monoisotopic (exact) mass is 394 g/mol. The number of methoxy groups -OCH3 is 1. The molecule has 0 saturated heterocycles. The van der Waals surface area contributed by atoms with Crippen LogP contribution in [0, 0.1) is 0 Å². The standard InChI is InChI=1S/C23H23ClN2O2/c1-28-21(19-14-8-9-15-20(19)24)16-25-23(27)26-22(17-10-4-2-5-11-17)18-12-6-3-7-13-18/h2-15,21-22H,16H2,1H3,(H2,25,26,27). The van der Waals surface area contributed by atoms with Crippen molar-refractivity contribution in [3.05, 3.63) is 107 Å². The zero-order chi connectivity index (χ0) is 19.8. The molecule has 0 bridgehead atoms. The quantitative estimate of drug-likeness (QED) is 0.584. The molecular formula is C23H23ClN2O2. The summed E-state index contributed by atoms with van der Waals surface area (Å²) in [5.41, 5.74) is 2.87. The van der Waals surface area contributed by atoms with Gasteiger partial charge in [-0.05, 0) is 17.2 Å². The lowest BCUT2D eigenvalue weighted by molar-refractivity contribution is 0.104. The van der Waals surface area contributed by atoms with Crippen LogP contribution in [0.2, 0.25) is 5.02 Å². The number of hydrogen-bond acceptors (Lipinski definition) is 2. The lowest BCUT2D eigenvalue weighted by Crippen LogP contribution is -2.40. The number of rotatable bonds is 7. The summed E-state index contributed by atoms with van der Waals surface area (Å²) in [6, 6.07) is 26.7. The molecule has 2 N–H and O–H groups in total. The number of benzene rings is 3. The first-order valence-electron chi connectivity index (χ1n) is 9.10. The van der Waals surface area contributed by atoms with Gasteiger partial charge in [0.15, 0.2) is 0 Å². The molecule has 3 rings (SSSR count). The van der Waals surface area contributed by atoms with E-state index in [9.17, 15) is 4.79 Å². The molecule has 4 nitrogen and oxygen atoms in total. The summed E-state index contributed by atoms with van der Waals surface area (Å²) in [4.78, 5) is 12.6. The van der Waals surface area contributed by atoms with Crippen LogP contribution in [-0.2, 0) is 4.74 Å². The largest absolute Gasteiger partial charge is 0.375 e. The highest BCUT2D eigenvalue weighted by Crippen LogP contribution is 2.25. The normalized spacial score (nSPS) is 11.8. The first kappa shape index (κ1) is 19.9. The number of urea groups is 1. The maximum atomic E-state index is 12.6. The van der Waals surface area contributed by atoms with E-state index in [0.717, 1.165) is 16.7 Å². The molecule has 0 saturated carbocycles. The third kappa shape index (κ3) is 5.12. The highest BCUT2D eigenvalue weighted by atomic mass is 35.5. The Morgan fingerprint density at radius 3 is 1.96 bits per heavy atom. The Bertz CT molecular complexity index is 848. The topological polar surface area (TPSA) is 50.4 Å². The molecule has 0 aromatic heterocycles. The molecule has 0 heterocycles. The summed E-state index contributed by atoms with van der Waals surface area (Å²) in [5.74, 6) is 0. The van der Waals surface area contributed by atoms with Gasteiger partial charge in [0.2, 0.25) is 0 Å². The van der Waals surface area contributed by atoms with Crippen LogP contribution in [0.4, 0.5) is 4.79 Å². The highest BCUT2D eigenvalue weighted by Gasteiger charge is 2.19. The summed E-state index contributed by atoms with van der Waals surface area (Å²) >= 11 is 6.25. The zero-order valence-corrected chi connectivity index (χ0v) is 16.4. The van der Waals surface area contributed by atoms with Crippen molar-refractivity contribution in [3.63, 3.8) is 0 Å². The molecule has 5 heteroatoms. The SMILES string of the molecule is COC(CNC(=O)NC(c1ccccc1)c1ccccc1)c1ccccc1Cl. The van der Waals surface area contributed by atoms with Crippen LogP contribution in [0.3, 0.4) is 0 Å². The summed E-state index contributed by atoms with van der Waals surface area (Å²) < 4.78 is 5.51. The van der Waals surface area contributed by atoms with Gasteiger partial charge in [0.1, 0.15) is 6.10 Å². The van der Waals surface area contributed by atoms with Crippen LogP contribution in [0.25, 0.3) is 0 Å². The zero-order valence-electron chi connectivity index (χ0n) is 15.6. The van der Waals surface area contributed by atoms with Crippen LogP contribution in [0.1, 0.15) is 28.8 Å². The number of carbonyl (C=O) groups is 1. The molecule has 0 aliphatic carbocycles. The minimum Gasteiger partial charge on any atom is -0.375 e. The van der Waals surface area contributed by atoms with E-state index in [0.29, 0.717) is 11.6 Å². The minimum absolute atomic E-state index is 0.247. The number of hydrogen-bond donors (Lipinski definition) is 2. The fourth-order valence-electron chi connectivity index (χ4n) is 3.07. The predicted molar refractivity (Wildman–Crippen MR) is 112 cm³/mol. The lowest BCUT2D eigenvalue weighted by atomic mass is 9.99. The minimum atomic E-state index is -0.327. The van der Waals surface area contributed by atoms with Crippen molar-refractivity contribution in [1.29, 1.82) is 0 Å². The summed E-state index contributed by atoms with van der Waals surface area (Å²) in [5, 5.41) is 6.57. The second-order valence-electron chi connectivity index (χ2n) is 6.35. The number of ether oxygens (including phenoxy) is 1. The Labute approximate surface area is 170 Å². The van der Waals surface area contributed by atoms with E-state index in [4.69, 9.17) is 16.3 Å². The van der Waals surface area contributed by atoms with E-state index in [1.807, 2.05) is 84.9 Å². The number of amides is 2. The van der Waals surface area contributed by atoms with Gasteiger partial charge in [-0.25, -0.2) is 4.79 Å². The van der Waals surface area contributed by atoms with Gasteiger partial charge in [-0.2, -0.15) is 0 Å². The Balaban J connectivity index is 1.70. The fourth-order valence-corrected chi connectivity index (χ4v) is 3.33. The second-order valence-corrected chi connectivity index (χ2v) is 6.76. The second kappa shape index (κ2) is 9.93. The summed E-state index contributed by atoms with van der Waals surface area (Å²) in [6.45, 7) is 0.308. The van der Waals surface area contributed by atoms with E-state index < -0.39 is 0 Å². The first-order chi connectivity index (χ1) is 13.7. The molecule has 0 fully saturated rings. The molecule has 0 radical (unpaired) electrons. The summed E-state index contributed by atoms with van der Waals surface area (Å²) in [6.07, 6.45) is -0.327. The molecule has 0 aliphatic rings. The third-order valence-corrected chi connectivity index (χ3v) is 4.87. The Morgan fingerprint density at radius 1 is 0.893 bits per heavy atom. The molecule has 3 aromatic rings. The molecule has 2 amide bonds. The van der Waals surface area contributed by atoms with Gasteiger partial charge in [0, 0.05) is 24.2 Å². The van der Waals surface area contributed by atoms with Gasteiger partial charge in [-0.15, -0.1) is 0 Å². The lowest BCUT2D eigenvalue weighted by Gasteiger charge is -2.22. The van der Waals surface area contributed by atoms with E-state index in [1.54, 1.807) is 7.11 Å². The van der Waals surface area contributed by atoms with Gasteiger partial charge in [-0.1, -0.05) is 90.5 Å². The van der Waals surface area contributed by atoms with Crippen molar-refractivity contribution in [2.45, 2.75) is 12.1 Å². The van der Waals surface area contributed by atoms with Gasteiger partial charge in [0.05, 0.1) is 6.04 Å². The predicted octanol–water partition coefficient (Wildman–Crippen LogP) is 5.12. The maximum Gasteiger partial charge on any atom is 0.315 e. The van der Waals surface area contributed by atoms with Crippen molar-refractivity contribution in [3.8, 4) is 0 Å². The number of nitrogens with one attached hydrogen (secondary N) is 2. The first-order valence-corrected chi connectivity index (χ1v) is 9.48. The Kier molecular flexibility index (Phi) is 7.06. The summed E-state index contributed by atoms with van der Waals surface area (Å²) in [7, 11) is 1.60. The maximum absolute atomic E-state index is 12.6. The van der Waals surface area contributed by atoms with Crippen LogP contribution < -0.4 is 10.6 Å². The average Bonchev–Trinajstić information content (AvgIpc) is 2.75. The highest BCUT2D eigenvalue weighted by molar-refractivity contribution is 6.31. The van der Waals surface area contributed by atoms with Crippen molar-refractivity contribution in [2.24, 2.45) is 0 Å². The molecule has 1 unspecified atom stereocenters. The average molecular weight is 395 g/mol. The van der Waals surface area contributed by atoms with Crippen molar-refractivity contribution >= 4 is 17.6 Å². The van der Waals surface area contributed by atoms with Crippen LogP contribution in [-0.4, -0.2) is 19.7 Å². The van der Waals surface area contributed by atoms with Crippen LogP contribution >= 0.6 is 11.6 Å². The van der Waals surface area contributed by atoms with E-state index in [1.165, 1.54) is 0 Å². The van der Waals surface area contributed by atoms with Gasteiger partial charge in [0.25, 0.3) is 0 Å². The molecule has 3 aromatic carbocycles. The van der Waals surface area contributed by atoms with Crippen molar-refractivity contribution in [2.75, 3.05) is 13.7 Å². The van der Waals surface area contributed by atoms with Gasteiger partial charge >= 0.3 is 6.03 Å². The molecule has 1 atom stereocenters. The molecule has 0 aliphatic heterocycles. The number of halogens is 1. The molecule has 28 heavy (non-hydrogen) atoms. The third-order valence-electron chi connectivity index (χ3n) is 4.53. The van der Waals surface area contributed by atoms with Crippen LogP contribution in [0.15, 0.2) is 84.9 Å². The van der Waals surface area contributed by atoms with Crippen molar-refractivity contribution in [1.82, 2.24) is 10.6 Å². The fraction of sp³-hybridized carbons (Fsp3) is 0.174. The Morgan fingerprint density at radius 2 is 1.43 bits per heavy atom. The number of carbonyl (C=O) groups excluding carboxylic acids is 1. The molecular weight excluding hydrogens is 372 g/mol. The van der Waals surface area contributed by atoms with E-state index in [-0.39, 0.29) is 18.2 Å². The van der Waals surface area contributed by atoms with E-state index in [2.05, 4.69) is 10.6 Å². The van der Waals surface area contributed by atoms with Crippen molar-refractivity contribution < 1.29 is 9.53 Å².